The number of fused-ring (bicyclic) bond motifs is 4. The average molecular weight is 304 g/mol. The minimum atomic E-state index is -0.379. The average Bonchev–Trinajstić information content (AvgIpc) is 2.40. The molecule has 3 atom stereocenters. The van der Waals surface area contributed by atoms with Crippen molar-refractivity contribution in [3.63, 3.8) is 0 Å². The lowest BCUT2D eigenvalue weighted by Gasteiger charge is -2.56. The third-order valence-corrected chi connectivity index (χ3v) is 5.18. The molecule has 0 spiro atoms. The fourth-order valence-electron chi connectivity index (χ4n) is 3.48. The number of ether oxygens (including phenoxy) is 1. The molecule has 1 aromatic carbocycles. The Balaban J connectivity index is 2.10. The van der Waals surface area contributed by atoms with Gasteiger partial charge in [-0.15, -0.1) is 0 Å². The molecule has 0 aliphatic carbocycles. The molecule has 0 amide bonds. The molecule has 1 fully saturated rings. The Morgan fingerprint density at radius 2 is 2.14 bits per heavy atom. The molecular formula is C17H24N2OS. The Hall–Kier alpha value is -1.29. The van der Waals surface area contributed by atoms with E-state index in [4.69, 9.17) is 17.0 Å². The SMILES string of the molecule is Cc1cccc2c1OC1(C)C(C)C2NC(=S)N1CC(C)C. The second-order valence-electron chi connectivity index (χ2n) is 6.87. The van der Waals surface area contributed by atoms with Crippen LogP contribution < -0.4 is 10.1 Å². The minimum absolute atomic E-state index is 0.231. The highest BCUT2D eigenvalue weighted by molar-refractivity contribution is 7.80. The van der Waals surface area contributed by atoms with Crippen LogP contribution in [0.15, 0.2) is 18.2 Å². The van der Waals surface area contributed by atoms with Crippen molar-refractivity contribution < 1.29 is 4.74 Å². The van der Waals surface area contributed by atoms with E-state index in [1.807, 2.05) is 0 Å². The number of hydrogen-bond donors (Lipinski definition) is 1. The molecule has 1 aromatic rings. The zero-order valence-corrected chi connectivity index (χ0v) is 14.3. The zero-order chi connectivity index (χ0) is 15.4. The third kappa shape index (κ3) is 2.11. The van der Waals surface area contributed by atoms with Crippen LogP contribution in [0.5, 0.6) is 5.75 Å². The van der Waals surface area contributed by atoms with Gasteiger partial charge in [-0.1, -0.05) is 39.0 Å². The van der Waals surface area contributed by atoms with Gasteiger partial charge in [0.05, 0.1) is 6.04 Å². The first-order valence-corrected chi connectivity index (χ1v) is 8.12. The molecule has 2 aliphatic rings. The Kier molecular flexibility index (Phi) is 3.40. The molecule has 4 heteroatoms. The molecule has 2 heterocycles. The molecule has 2 bridgehead atoms. The maximum atomic E-state index is 6.52. The number of aryl methyl sites for hydroxylation is 1. The Morgan fingerprint density at radius 1 is 1.43 bits per heavy atom. The summed E-state index contributed by atoms with van der Waals surface area (Å²) in [6, 6.07) is 6.59. The summed E-state index contributed by atoms with van der Waals surface area (Å²) in [6.07, 6.45) is 0. The van der Waals surface area contributed by atoms with Crippen LogP contribution in [0.1, 0.15) is 44.9 Å². The highest BCUT2D eigenvalue weighted by Gasteiger charge is 2.53. The maximum Gasteiger partial charge on any atom is 0.186 e. The van der Waals surface area contributed by atoms with Crippen LogP contribution in [-0.2, 0) is 0 Å². The number of nitrogens with zero attached hydrogens (tertiary/aromatic N) is 1. The van der Waals surface area contributed by atoms with Crippen molar-refractivity contribution >= 4 is 17.3 Å². The summed E-state index contributed by atoms with van der Waals surface area (Å²) >= 11 is 5.62. The van der Waals surface area contributed by atoms with Crippen molar-refractivity contribution in [3.8, 4) is 5.75 Å². The van der Waals surface area contributed by atoms with Crippen molar-refractivity contribution in [2.45, 2.75) is 46.4 Å². The third-order valence-electron chi connectivity index (χ3n) is 4.84. The molecule has 0 radical (unpaired) electrons. The number of benzene rings is 1. The predicted octanol–water partition coefficient (Wildman–Crippen LogP) is 3.63. The van der Waals surface area contributed by atoms with Crippen LogP contribution in [0.2, 0.25) is 0 Å². The molecule has 3 unspecified atom stereocenters. The summed E-state index contributed by atoms with van der Waals surface area (Å²) in [5.41, 5.74) is 2.04. The van der Waals surface area contributed by atoms with Gasteiger partial charge >= 0.3 is 0 Å². The molecule has 114 valence electrons. The summed E-state index contributed by atoms with van der Waals surface area (Å²) < 4.78 is 6.52. The smallest absolute Gasteiger partial charge is 0.186 e. The second kappa shape index (κ2) is 4.87. The zero-order valence-electron chi connectivity index (χ0n) is 13.4. The normalized spacial score (nSPS) is 30.8. The summed E-state index contributed by atoms with van der Waals surface area (Å²) in [5, 5.41) is 4.35. The predicted molar refractivity (Wildman–Crippen MR) is 89.4 cm³/mol. The number of nitrogens with one attached hydrogen (secondary N) is 1. The van der Waals surface area contributed by atoms with Gasteiger partial charge in [-0.3, -0.25) is 0 Å². The lowest BCUT2D eigenvalue weighted by molar-refractivity contribution is -0.114. The summed E-state index contributed by atoms with van der Waals surface area (Å²) in [4.78, 5) is 2.23. The van der Waals surface area contributed by atoms with Gasteiger partial charge in [-0.05, 0) is 37.5 Å². The Bertz CT molecular complexity index is 586. The van der Waals surface area contributed by atoms with E-state index in [1.165, 1.54) is 11.1 Å². The van der Waals surface area contributed by atoms with E-state index >= 15 is 0 Å². The Morgan fingerprint density at radius 3 is 2.81 bits per heavy atom. The first-order valence-electron chi connectivity index (χ1n) is 7.71. The largest absolute Gasteiger partial charge is 0.467 e. The van der Waals surface area contributed by atoms with E-state index in [0.29, 0.717) is 11.8 Å². The summed E-state index contributed by atoms with van der Waals surface area (Å²) in [5.74, 6) is 1.89. The molecule has 21 heavy (non-hydrogen) atoms. The molecule has 1 N–H and O–H groups in total. The number of hydrogen-bond acceptors (Lipinski definition) is 2. The van der Waals surface area contributed by atoms with E-state index in [0.717, 1.165) is 17.4 Å². The molecule has 2 aliphatic heterocycles. The topological polar surface area (TPSA) is 24.5 Å². The second-order valence-corrected chi connectivity index (χ2v) is 7.26. The number of para-hydroxylation sites is 1. The van der Waals surface area contributed by atoms with E-state index in [9.17, 15) is 0 Å². The molecule has 1 saturated heterocycles. The minimum Gasteiger partial charge on any atom is -0.467 e. The molecule has 0 aromatic heterocycles. The fraction of sp³-hybridized carbons (Fsp3) is 0.588. The van der Waals surface area contributed by atoms with Gasteiger partial charge in [0.25, 0.3) is 0 Å². The Labute approximate surface area is 132 Å². The van der Waals surface area contributed by atoms with Gasteiger partial charge in [0.15, 0.2) is 10.8 Å². The van der Waals surface area contributed by atoms with Crippen molar-refractivity contribution in [2.24, 2.45) is 11.8 Å². The first-order chi connectivity index (χ1) is 9.84. The van der Waals surface area contributed by atoms with Crippen LogP contribution in [0.25, 0.3) is 0 Å². The summed E-state index contributed by atoms with van der Waals surface area (Å²) in [6.45, 7) is 11.9. The van der Waals surface area contributed by atoms with Crippen molar-refractivity contribution in [2.75, 3.05) is 6.54 Å². The lowest BCUT2D eigenvalue weighted by atomic mass is 9.80. The molecule has 3 nitrogen and oxygen atoms in total. The van der Waals surface area contributed by atoms with Gasteiger partial charge in [0.1, 0.15) is 5.75 Å². The highest BCUT2D eigenvalue weighted by Crippen LogP contribution is 2.48. The number of rotatable bonds is 2. The van der Waals surface area contributed by atoms with Crippen molar-refractivity contribution in [1.82, 2.24) is 10.2 Å². The standard InChI is InChI=1S/C17H24N2OS/c1-10(2)9-19-16(21)18-14-12(4)17(19,5)20-15-11(3)7-6-8-13(14)15/h6-8,10,12,14H,9H2,1-5H3,(H,18,21). The van der Waals surface area contributed by atoms with Crippen LogP contribution >= 0.6 is 12.2 Å². The van der Waals surface area contributed by atoms with E-state index in [-0.39, 0.29) is 11.8 Å². The van der Waals surface area contributed by atoms with E-state index in [2.05, 4.69) is 63.0 Å². The van der Waals surface area contributed by atoms with Gasteiger partial charge in [-0.25, -0.2) is 0 Å². The quantitative estimate of drug-likeness (QED) is 0.843. The summed E-state index contributed by atoms with van der Waals surface area (Å²) in [7, 11) is 0. The molecular weight excluding hydrogens is 280 g/mol. The van der Waals surface area contributed by atoms with E-state index in [1.54, 1.807) is 0 Å². The fourth-order valence-corrected chi connectivity index (χ4v) is 3.87. The van der Waals surface area contributed by atoms with Crippen LogP contribution in [-0.4, -0.2) is 22.3 Å². The van der Waals surface area contributed by atoms with Crippen LogP contribution in [0, 0.1) is 18.8 Å². The van der Waals surface area contributed by atoms with Gasteiger partial charge in [0.2, 0.25) is 0 Å². The maximum absolute atomic E-state index is 6.52. The van der Waals surface area contributed by atoms with Crippen molar-refractivity contribution in [1.29, 1.82) is 0 Å². The highest BCUT2D eigenvalue weighted by atomic mass is 32.1. The molecule has 3 rings (SSSR count). The molecule has 0 saturated carbocycles. The van der Waals surface area contributed by atoms with Gasteiger partial charge in [0, 0.05) is 18.0 Å². The first kappa shape index (κ1) is 14.6. The monoisotopic (exact) mass is 304 g/mol. The van der Waals surface area contributed by atoms with E-state index < -0.39 is 0 Å². The van der Waals surface area contributed by atoms with Gasteiger partial charge in [-0.2, -0.15) is 0 Å². The lowest BCUT2D eigenvalue weighted by Crippen LogP contribution is -2.69. The van der Waals surface area contributed by atoms with Crippen molar-refractivity contribution in [3.05, 3.63) is 29.3 Å². The van der Waals surface area contributed by atoms with Gasteiger partial charge < -0.3 is 15.0 Å². The van der Waals surface area contributed by atoms with Crippen LogP contribution in [0.3, 0.4) is 0 Å². The number of thiocarbonyl (C=S) groups is 1. The van der Waals surface area contributed by atoms with Crippen LogP contribution in [0.4, 0.5) is 0 Å².